The predicted octanol–water partition coefficient (Wildman–Crippen LogP) is 2.38. The number of hydrogen-bond acceptors (Lipinski definition) is 9. The summed E-state index contributed by atoms with van der Waals surface area (Å²) in [7, 11) is -3.47. The Hall–Kier alpha value is -3.96. The Balaban J connectivity index is 1.35. The van der Waals surface area contributed by atoms with E-state index in [0.29, 0.717) is 16.9 Å². The van der Waals surface area contributed by atoms with Gasteiger partial charge < -0.3 is 15.3 Å². The second kappa shape index (κ2) is 10.2. The fraction of sp³-hybridized carbons (Fsp3) is 0.269. The minimum atomic E-state index is -3.47. The van der Waals surface area contributed by atoms with E-state index in [1.807, 2.05) is 30.3 Å². The average molecular weight is 519 g/mol. The number of pyridine rings is 4. The fourth-order valence-electron chi connectivity index (χ4n) is 4.37. The molecule has 37 heavy (non-hydrogen) atoms. The number of carbonyl (C=O) groups excluding carboxylic acids is 1. The van der Waals surface area contributed by atoms with Crippen LogP contribution in [-0.2, 0) is 16.4 Å². The lowest BCUT2D eigenvalue weighted by molar-refractivity contribution is 0.0950. The molecule has 0 aromatic carbocycles. The molecule has 0 bridgehead atoms. The second-order valence-electron chi connectivity index (χ2n) is 8.98. The van der Waals surface area contributed by atoms with E-state index in [0.717, 1.165) is 42.5 Å². The van der Waals surface area contributed by atoms with E-state index in [4.69, 9.17) is 9.97 Å². The largest absolute Gasteiger partial charge is 0.394 e. The lowest BCUT2D eigenvalue weighted by Gasteiger charge is -2.24. The third-order valence-corrected chi connectivity index (χ3v) is 7.42. The van der Waals surface area contributed by atoms with Crippen molar-refractivity contribution in [2.75, 3.05) is 24.3 Å². The summed E-state index contributed by atoms with van der Waals surface area (Å²) in [6.45, 7) is 1.10. The molecule has 0 aliphatic carbocycles. The van der Waals surface area contributed by atoms with Crippen molar-refractivity contribution in [1.82, 2.24) is 25.3 Å². The molecule has 0 spiro atoms. The number of aliphatic hydroxyl groups excluding tert-OH is 1. The Bertz CT molecular complexity index is 1580. The maximum absolute atomic E-state index is 12.6. The smallest absolute Gasteiger partial charge is 0.253 e. The van der Waals surface area contributed by atoms with Crippen LogP contribution in [0.5, 0.6) is 0 Å². The van der Waals surface area contributed by atoms with Crippen molar-refractivity contribution in [2.45, 2.75) is 30.3 Å². The van der Waals surface area contributed by atoms with Crippen molar-refractivity contribution in [3.05, 3.63) is 72.3 Å². The number of carbonyl (C=O) groups is 1. The monoisotopic (exact) mass is 518 g/mol. The molecule has 4 aromatic rings. The Labute approximate surface area is 214 Å². The number of aliphatic hydroxyl groups is 1. The highest BCUT2D eigenvalue weighted by atomic mass is 32.2. The first kappa shape index (κ1) is 24.7. The van der Waals surface area contributed by atoms with E-state index in [2.05, 4.69) is 20.2 Å². The van der Waals surface area contributed by atoms with E-state index in [9.17, 15) is 18.3 Å². The van der Waals surface area contributed by atoms with Crippen molar-refractivity contribution in [2.24, 2.45) is 0 Å². The zero-order chi connectivity index (χ0) is 26.0. The molecular formula is C26H26N6O4S. The summed E-state index contributed by atoms with van der Waals surface area (Å²) in [5.41, 5.74) is 2.89. The summed E-state index contributed by atoms with van der Waals surface area (Å²) >= 11 is 0. The molecule has 11 heteroatoms. The quantitative estimate of drug-likeness (QED) is 0.378. The third kappa shape index (κ3) is 5.42. The van der Waals surface area contributed by atoms with E-state index >= 15 is 0 Å². The summed E-state index contributed by atoms with van der Waals surface area (Å²) in [5, 5.41) is 13.3. The molecule has 1 atom stereocenters. The van der Waals surface area contributed by atoms with Gasteiger partial charge in [0.2, 0.25) is 0 Å². The van der Waals surface area contributed by atoms with Crippen LogP contribution in [0.15, 0.2) is 66.0 Å². The van der Waals surface area contributed by atoms with Crippen LogP contribution in [-0.4, -0.2) is 64.8 Å². The number of rotatable bonds is 7. The van der Waals surface area contributed by atoms with Gasteiger partial charge in [-0.05, 0) is 49.2 Å². The van der Waals surface area contributed by atoms with Gasteiger partial charge in [0.25, 0.3) is 5.91 Å². The van der Waals surface area contributed by atoms with Crippen molar-refractivity contribution in [3.63, 3.8) is 0 Å². The van der Waals surface area contributed by atoms with Crippen LogP contribution in [0.4, 0.5) is 5.82 Å². The Kier molecular flexibility index (Phi) is 6.81. The number of sulfone groups is 1. The highest BCUT2D eigenvalue weighted by molar-refractivity contribution is 7.90. The van der Waals surface area contributed by atoms with Crippen LogP contribution in [0.3, 0.4) is 0 Å². The van der Waals surface area contributed by atoms with Crippen molar-refractivity contribution >= 4 is 32.5 Å². The van der Waals surface area contributed by atoms with Crippen molar-refractivity contribution in [3.8, 4) is 11.4 Å². The molecule has 5 rings (SSSR count). The summed E-state index contributed by atoms with van der Waals surface area (Å²) in [6.07, 6.45) is 7.26. The molecule has 1 fully saturated rings. The first-order valence-corrected chi connectivity index (χ1v) is 13.7. The molecule has 0 unspecified atom stereocenters. The molecule has 1 amide bonds. The second-order valence-corrected chi connectivity index (χ2v) is 11.0. The molecule has 0 radical (unpaired) electrons. The van der Waals surface area contributed by atoms with Crippen LogP contribution in [0.25, 0.3) is 22.3 Å². The van der Waals surface area contributed by atoms with Crippen LogP contribution in [0.1, 0.15) is 28.9 Å². The van der Waals surface area contributed by atoms with Gasteiger partial charge >= 0.3 is 0 Å². The van der Waals surface area contributed by atoms with Crippen LogP contribution >= 0.6 is 0 Å². The maximum atomic E-state index is 12.6. The molecular weight excluding hydrogens is 492 g/mol. The standard InChI is InChI=1S/C26H26N6O4S/c1-37(35,36)21-10-18(12-27-15-21)26(34)29-14-19-11-24-17(13-28-19)7-8-23(30-24)22-5-2-6-25(31-22)32-9-3-4-20(32)16-33/h2,5-8,10-13,15,20,33H,3-4,9,14,16H2,1H3,(H,29,34)/t20-/m1/s1. The molecule has 1 saturated heterocycles. The average Bonchev–Trinajstić information content (AvgIpc) is 3.40. The number of aromatic nitrogens is 4. The minimum Gasteiger partial charge on any atom is -0.394 e. The summed E-state index contributed by atoms with van der Waals surface area (Å²) in [6, 6.07) is 12.8. The lowest BCUT2D eigenvalue weighted by atomic mass is 10.2. The summed E-state index contributed by atoms with van der Waals surface area (Å²) in [5.74, 6) is 0.370. The van der Waals surface area contributed by atoms with Gasteiger partial charge in [-0.3, -0.25) is 14.8 Å². The van der Waals surface area contributed by atoms with E-state index < -0.39 is 15.7 Å². The molecule has 10 nitrogen and oxygen atoms in total. The Morgan fingerprint density at radius 1 is 1.11 bits per heavy atom. The molecule has 5 heterocycles. The molecule has 4 aromatic heterocycles. The lowest BCUT2D eigenvalue weighted by Crippen LogP contribution is -2.32. The van der Waals surface area contributed by atoms with Gasteiger partial charge in [-0.15, -0.1) is 0 Å². The number of nitrogens with zero attached hydrogens (tertiary/aromatic N) is 5. The molecule has 1 aliphatic heterocycles. The molecule has 2 N–H and O–H groups in total. The fourth-order valence-corrected chi connectivity index (χ4v) is 4.96. The predicted molar refractivity (Wildman–Crippen MR) is 139 cm³/mol. The highest BCUT2D eigenvalue weighted by Crippen LogP contribution is 2.27. The Morgan fingerprint density at radius 3 is 2.76 bits per heavy atom. The van der Waals surface area contributed by atoms with Crippen molar-refractivity contribution < 1.29 is 18.3 Å². The highest BCUT2D eigenvalue weighted by Gasteiger charge is 2.25. The zero-order valence-electron chi connectivity index (χ0n) is 20.2. The topological polar surface area (TPSA) is 138 Å². The van der Waals surface area contributed by atoms with Gasteiger partial charge in [-0.1, -0.05) is 6.07 Å². The normalized spacial score (nSPS) is 15.7. The van der Waals surface area contributed by atoms with Gasteiger partial charge in [0, 0.05) is 36.8 Å². The third-order valence-electron chi connectivity index (χ3n) is 6.34. The SMILES string of the molecule is CS(=O)(=O)c1cncc(C(=O)NCc2cc3nc(-c4cccc(N5CCC[C@@H]5CO)n4)ccc3cn2)c1. The van der Waals surface area contributed by atoms with Crippen molar-refractivity contribution in [1.29, 1.82) is 0 Å². The first-order valence-electron chi connectivity index (χ1n) is 11.9. The number of fused-ring (bicyclic) bond motifs is 1. The van der Waals surface area contributed by atoms with E-state index in [-0.39, 0.29) is 29.7 Å². The van der Waals surface area contributed by atoms with E-state index in [1.165, 1.54) is 18.5 Å². The number of amides is 1. The maximum Gasteiger partial charge on any atom is 0.253 e. The number of anilines is 1. The van der Waals surface area contributed by atoms with Gasteiger partial charge in [0.05, 0.1) is 52.3 Å². The Morgan fingerprint density at radius 2 is 1.95 bits per heavy atom. The van der Waals surface area contributed by atoms with Crippen LogP contribution < -0.4 is 10.2 Å². The zero-order valence-corrected chi connectivity index (χ0v) is 21.0. The van der Waals surface area contributed by atoms with Gasteiger partial charge in [0.1, 0.15) is 5.82 Å². The van der Waals surface area contributed by atoms with Gasteiger partial charge in [-0.25, -0.2) is 18.4 Å². The van der Waals surface area contributed by atoms with Crippen LogP contribution in [0.2, 0.25) is 0 Å². The number of nitrogens with one attached hydrogen (secondary N) is 1. The van der Waals surface area contributed by atoms with E-state index in [1.54, 1.807) is 12.3 Å². The molecule has 0 saturated carbocycles. The summed E-state index contributed by atoms with van der Waals surface area (Å²) in [4.78, 5) is 32.5. The molecule has 1 aliphatic rings. The minimum absolute atomic E-state index is 0.0185. The summed E-state index contributed by atoms with van der Waals surface area (Å²) < 4.78 is 23.5. The first-order chi connectivity index (χ1) is 17.8. The number of hydrogen-bond donors (Lipinski definition) is 2. The molecule has 190 valence electrons. The van der Waals surface area contributed by atoms with Gasteiger partial charge in [-0.2, -0.15) is 0 Å². The van der Waals surface area contributed by atoms with Gasteiger partial charge in [0.15, 0.2) is 9.84 Å². The van der Waals surface area contributed by atoms with Crippen LogP contribution in [0, 0.1) is 0 Å².